The van der Waals surface area contributed by atoms with Crippen LogP contribution in [0, 0.1) is 9.54 Å². The topological polar surface area (TPSA) is 109 Å². The van der Waals surface area contributed by atoms with Gasteiger partial charge in [0.2, 0.25) is 0 Å². The molecule has 0 fully saturated rings. The summed E-state index contributed by atoms with van der Waals surface area (Å²) >= 11 is 9.31. The van der Waals surface area contributed by atoms with E-state index in [1.807, 2.05) is 0 Å². The molecule has 0 amide bonds. The second-order valence-corrected chi connectivity index (χ2v) is 3.43. The number of H-pyrrole nitrogens is 2. The first-order chi connectivity index (χ1) is 7.58. The number of aromatic amines is 2. The summed E-state index contributed by atoms with van der Waals surface area (Å²) in [5, 5.41) is 0. The van der Waals surface area contributed by atoms with Crippen molar-refractivity contribution < 1.29 is 0 Å². The van der Waals surface area contributed by atoms with Crippen LogP contribution in [0.15, 0.2) is 24.5 Å². The predicted molar refractivity (Wildman–Crippen MR) is 67.7 cm³/mol. The van der Waals surface area contributed by atoms with E-state index in [9.17, 15) is 0 Å². The molecule has 0 saturated heterocycles. The van der Waals surface area contributed by atoms with Gasteiger partial charge in [-0.1, -0.05) is 0 Å². The summed E-state index contributed by atoms with van der Waals surface area (Å²) in [5.74, 6) is 0.781. The highest BCUT2D eigenvalue weighted by Crippen LogP contribution is 1.99. The molecular weight excluding hydrogens is 244 g/mol. The van der Waals surface area contributed by atoms with Gasteiger partial charge < -0.3 is 21.4 Å². The average molecular weight is 254 g/mol. The number of anilines is 2. The maximum absolute atomic E-state index is 5.32. The molecule has 16 heavy (non-hydrogen) atoms. The van der Waals surface area contributed by atoms with Gasteiger partial charge in [0.25, 0.3) is 0 Å². The summed E-state index contributed by atoms with van der Waals surface area (Å²) in [6, 6.07) is 3.30. The molecule has 2 rings (SSSR count). The van der Waals surface area contributed by atoms with Crippen LogP contribution < -0.4 is 11.5 Å². The molecule has 0 aliphatic rings. The number of rotatable bonds is 0. The smallest absolute Gasteiger partial charge is 0.200 e. The molecule has 0 aliphatic carbocycles. The quantitative estimate of drug-likeness (QED) is 0.530. The zero-order valence-corrected chi connectivity index (χ0v) is 9.81. The summed E-state index contributed by atoms with van der Waals surface area (Å²) in [7, 11) is 0. The van der Waals surface area contributed by atoms with Gasteiger partial charge in [0, 0.05) is 18.5 Å². The van der Waals surface area contributed by atoms with E-state index in [1.165, 1.54) is 6.07 Å². The highest BCUT2D eigenvalue weighted by Gasteiger charge is 1.87. The van der Waals surface area contributed by atoms with Gasteiger partial charge in [0.05, 0.1) is 0 Å². The van der Waals surface area contributed by atoms with E-state index in [1.54, 1.807) is 18.5 Å². The third-order valence-electron chi connectivity index (χ3n) is 1.37. The number of nitrogen functional groups attached to an aromatic ring is 2. The highest BCUT2D eigenvalue weighted by atomic mass is 32.1. The summed E-state index contributed by atoms with van der Waals surface area (Å²) in [4.78, 5) is 12.8. The molecule has 0 unspecified atom stereocenters. The van der Waals surface area contributed by atoms with Crippen LogP contribution in [0.2, 0.25) is 0 Å². The highest BCUT2D eigenvalue weighted by molar-refractivity contribution is 7.71. The molecule has 0 atom stereocenters. The molecule has 2 aromatic heterocycles. The van der Waals surface area contributed by atoms with Gasteiger partial charge in [-0.2, -0.15) is 0 Å². The molecule has 6 nitrogen and oxygen atoms in total. The van der Waals surface area contributed by atoms with Crippen molar-refractivity contribution in [2.24, 2.45) is 0 Å². The first-order valence-electron chi connectivity index (χ1n) is 4.20. The molecule has 0 saturated carbocycles. The van der Waals surface area contributed by atoms with E-state index in [0.717, 1.165) is 0 Å². The second-order valence-electron chi connectivity index (χ2n) is 2.65. The number of hydrogen-bond acceptors (Lipinski definition) is 6. The molecular formula is C8H10N6S2. The Labute approximate surface area is 102 Å². The average Bonchev–Trinajstić information content (AvgIpc) is 2.17. The minimum Gasteiger partial charge on any atom is -0.385 e. The van der Waals surface area contributed by atoms with E-state index in [2.05, 4.69) is 44.4 Å². The van der Waals surface area contributed by atoms with Crippen molar-refractivity contribution in [3.8, 4) is 0 Å². The maximum atomic E-state index is 5.32. The van der Waals surface area contributed by atoms with Crippen LogP contribution in [0.5, 0.6) is 0 Å². The van der Waals surface area contributed by atoms with Crippen LogP contribution in [0.25, 0.3) is 0 Å². The minimum absolute atomic E-state index is 0.313. The molecule has 84 valence electrons. The van der Waals surface area contributed by atoms with Crippen molar-refractivity contribution in [1.29, 1.82) is 0 Å². The Hall–Kier alpha value is -1.80. The molecule has 0 bridgehead atoms. The van der Waals surface area contributed by atoms with Crippen molar-refractivity contribution in [2.75, 3.05) is 11.5 Å². The van der Waals surface area contributed by atoms with E-state index < -0.39 is 0 Å². The lowest BCUT2D eigenvalue weighted by Crippen LogP contribution is -1.96. The molecule has 0 spiro atoms. The van der Waals surface area contributed by atoms with Crippen molar-refractivity contribution in [2.45, 2.75) is 0 Å². The maximum Gasteiger partial charge on any atom is 0.200 e. The van der Waals surface area contributed by atoms with E-state index >= 15 is 0 Å². The lowest BCUT2D eigenvalue weighted by Gasteiger charge is -1.92. The second kappa shape index (κ2) is 5.93. The number of nitrogens with one attached hydrogen (secondary N) is 2. The monoisotopic (exact) mass is 254 g/mol. The lowest BCUT2D eigenvalue weighted by atomic mass is 10.5. The number of aromatic nitrogens is 4. The number of hydrogen-bond donors (Lipinski definition) is 4. The third kappa shape index (κ3) is 4.62. The Morgan fingerprint density at radius 1 is 1.19 bits per heavy atom. The Balaban J connectivity index is 0.000000165. The van der Waals surface area contributed by atoms with Crippen molar-refractivity contribution in [3.63, 3.8) is 0 Å². The van der Waals surface area contributed by atoms with Crippen LogP contribution in [-0.4, -0.2) is 19.9 Å². The zero-order chi connectivity index (χ0) is 12.0. The Kier molecular flexibility index (Phi) is 4.55. The van der Waals surface area contributed by atoms with Gasteiger partial charge in [-0.25, -0.2) is 9.97 Å². The van der Waals surface area contributed by atoms with Gasteiger partial charge in [0.15, 0.2) is 9.54 Å². The van der Waals surface area contributed by atoms with E-state index in [4.69, 9.17) is 11.5 Å². The van der Waals surface area contributed by atoms with Crippen LogP contribution in [0.4, 0.5) is 11.6 Å². The van der Waals surface area contributed by atoms with E-state index in [0.29, 0.717) is 21.2 Å². The number of nitrogens with zero attached hydrogens (tertiary/aromatic N) is 2. The molecule has 2 heterocycles. The zero-order valence-electron chi connectivity index (χ0n) is 8.18. The fourth-order valence-electron chi connectivity index (χ4n) is 0.807. The summed E-state index contributed by atoms with van der Waals surface area (Å²) in [6.45, 7) is 0. The van der Waals surface area contributed by atoms with Gasteiger partial charge >= 0.3 is 0 Å². The fourth-order valence-corrected chi connectivity index (χ4v) is 1.16. The summed E-state index contributed by atoms with van der Waals surface area (Å²) in [5.41, 5.74) is 10.6. The van der Waals surface area contributed by atoms with Gasteiger partial charge in [-0.05, 0) is 30.5 Å². The fraction of sp³-hybridized carbons (Fsp3) is 0. The molecule has 0 aromatic carbocycles. The SMILES string of the molecule is Nc1cc(N)[nH]c(=S)n1.S=c1nccc[nH]1. The summed E-state index contributed by atoms with van der Waals surface area (Å²) in [6.07, 6.45) is 3.40. The molecule has 0 radical (unpaired) electrons. The largest absolute Gasteiger partial charge is 0.385 e. The van der Waals surface area contributed by atoms with Gasteiger partial charge in [0.1, 0.15) is 11.6 Å². The van der Waals surface area contributed by atoms with Crippen molar-refractivity contribution >= 4 is 36.1 Å². The normalized spacial score (nSPS) is 9.00. The number of nitrogens with two attached hydrogens (primary N) is 2. The van der Waals surface area contributed by atoms with Gasteiger partial charge in [-0.15, -0.1) is 0 Å². The van der Waals surface area contributed by atoms with Gasteiger partial charge in [-0.3, -0.25) is 0 Å². The standard InChI is InChI=1S/C4H6N4S.C4H4N2S/c5-2-1-3(6)8-4(9)7-2;7-4-5-2-1-3-6-4/h1H,(H5,5,6,7,8,9);1-3H,(H,5,6,7). The third-order valence-corrected chi connectivity index (χ3v) is 1.78. The first-order valence-corrected chi connectivity index (χ1v) is 5.01. The Morgan fingerprint density at radius 3 is 2.31 bits per heavy atom. The van der Waals surface area contributed by atoms with Crippen molar-refractivity contribution in [1.82, 2.24) is 19.9 Å². The van der Waals surface area contributed by atoms with Crippen LogP contribution in [-0.2, 0) is 0 Å². The molecule has 2 aromatic rings. The molecule has 0 aliphatic heterocycles. The van der Waals surface area contributed by atoms with Crippen LogP contribution >= 0.6 is 24.4 Å². The summed E-state index contributed by atoms with van der Waals surface area (Å²) < 4.78 is 0.843. The van der Waals surface area contributed by atoms with Crippen molar-refractivity contribution in [3.05, 3.63) is 34.1 Å². The minimum atomic E-state index is 0.313. The first kappa shape index (κ1) is 12.3. The Morgan fingerprint density at radius 2 is 1.94 bits per heavy atom. The van der Waals surface area contributed by atoms with Crippen LogP contribution in [0.1, 0.15) is 0 Å². The van der Waals surface area contributed by atoms with E-state index in [-0.39, 0.29) is 0 Å². The predicted octanol–water partition coefficient (Wildman–Crippen LogP) is 1.44. The molecule has 6 N–H and O–H groups in total. The Bertz CT molecular complexity index is 520. The molecule has 8 heteroatoms. The van der Waals surface area contributed by atoms with Crippen LogP contribution in [0.3, 0.4) is 0 Å². The lowest BCUT2D eigenvalue weighted by molar-refractivity contribution is 1.13.